The van der Waals surface area contributed by atoms with Crippen LogP contribution >= 0.6 is 57.1 Å². The number of hydrogen-bond acceptors (Lipinski definition) is 4. The van der Waals surface area contributed by atoms with Gasteiger partial charge in [0, 0.05) is 11.2 Å². The molecular formula is C14H5Cl2IN2OS. The van der Waals surface area contributed by atoms with Crippen molar-refractivity contribution in [2.45, 2.75) is 0 Å². The summed E-state index contributed by atoms with van der Waals surface area (Å²) in [6.07, 6.45) is 1.50. The second kappa shape index (κ2) is 5.97. The van der Waals surface area contributed by atoms with Gasteiger partial charge in [0.15, 0.2) is 5.75 Å². The van der Waals surface area contributed by atoms with E-state index in [0.717, 1.165) is 13.1 Å². The van der Waals surface area contributed by atoms with Crippen molar-refractivity contribution in [2.75, 3.05) is 0 Å². The number of nitrogens with zero attached hydrogens (tertiary/aromatic N) is 2. The summed E-state index contributed by atoms with van der Waals surface area (Å²) in [6, 6.07) is 9.00. The lowest BCUT2D eigenvalue weighted by Crippen LogP contribution is -1.91. The molecule has 0 aliphatic rings. The fraction of sp³-hybridized carbons (Fsp3) is 0. The normalized spacial score (nSPS) is 10.6. The van der Waals surface area contributed by atoms with Crippen molar-refractivity contribution in [1.29, 1.82) is 5.26 Å². The number of thiophene rings is 1. The van der Waals surface area contributed by atoms with Gasteiger partial charge in [0.2, 0.25) is 0 Å². The molecule has 0 fully saturated rings. The maximum absolute atomic E-state index is 9.25. The molecule has 3 nitrogen and oxygen atoms in total. The van der Waals surface area contributed by atoms with E-state index in [9.17, 15) is 5.26 Å². The lowest BCUT2D eigenvalue weighted by Gasteiger charge is -2.09. The van der Waals surface area contributed by atoms with Crippen LogP contribution in [0.2, 0.25) is 10.0 Å². The molecule has 0 saturated heterocycles. The van der Waals surface area contributed by atoms with Crippen LogP contribution in [0.5, 0.6) is 11.5 Å². The van der Waals surface area contributed by atoms with Crippen LogP contribution in [-0.4, -0.2) is 4.98 Å². The van der Waals surface area contributed by atoms with E-state index in [1.807, 2.05) is 6.07 Å². The van der Waals surface area contributed by atoms with E-state index in [1.165, 1.54) is 17.5 Å². The lowest BCUT2D eigenvalue weighted by molar-refractivity contribution is 0.487. The molecule has 0 unspecified atom stereocenters. The number of rotatable bonds is 2. The van der Waals surface area contributed by atoms with E-state index in [0.29, 0.717) is 27.1 Å². The predicted molar refractivity (Wildman–Crippen MR) is 93.6 cm³/mol. The number of pyridine rings is 1. The van der Waals surface area contributed by atoms with E-state index >= 15 is 0 Å². The highest BCUT2D eigenvalue weighted by Crippen LogP contribution is 2.40. The van der Waals surface area contributed by atoms with Crippen molar-refractivity contribution in [3.63, 3.8) is 0 Å². The van der Waals surface area contributed by atoms with Gasteiger partial charge in [-0.2, -0.15) is 5.26 Å². The third-order valence-electron chi connectivity index (χ3n) is 2.69. The summed E-state index contributed by atoms with van der Waals surface area (Å²) in [6.45, 7) is 0. The van der Waals surface area contributed by atoms with E-state index in [4.69, 9.17) is 27.9 Å². The first-order valence-corrected chi connectivity index (χ1v) is 8.34. The Morgan fingerprint density at radius 1 is 1.29 bits per heavy atom. The fourth-order valence-electron chi connectivity index (χ4n) is 1.77. The van der Waals surface area contributed by atoms with Gasteiger partial charge in [-0.3, -0.25) is 4.98 Å². The van der Waals surface area contributed by atoms with Crippen LogP contribution in [0.25, 0.3) is 10.2 Å². The molecule has 1 aromatic carbocycles. The van der Waals surface area contributed by atoms with Gasteiger partial charge in [-0.15, -0.1) is 11.3 Å². The Labute approximate surface area is 148 Å². The molecule has 21 heavy (non-hydrogen) atoms. The highest BCUT2D eigenvalue weighted by atomic mass is 127. The standard InChI is InChI=1S/C14H5Cl2IN2OS/c15-8-1-2-11(9(16)3-8)20-13-7(5-18)6-19-10-4-12(17)21-14(10)13/h1-4,6H. The molecule has 3 rings (SSSR count). The summed E-state index contributed by atoms with van der Waals surface area (Å²) in [4.78, 5) is 4.26. The third-order valence-corrected chi connectivity index (χ3v) is 5.11. The van der Waals surface area contributed by atoms with Crippen LogP contribution in [0.15, 0.2) is 30.5 Å². The summed E-state index contributed by atoms with van der Waals surface area (Å²) in [5, 5.41) is 10.2. The number of hydrogen-bond donors (Lipinski definition) is 0. The van der Waals surface area contributed by atoms with E-state index in [1.54, 1.807) is 18.2 Å². The molecule has 0 atom stereocenters. The topological polar surface area (TPSA) is 45.9 Å². The third kappa shape index (κ3) is 2.94. The summed E-state index contributed by atoms with van der Waals surface area (Å²) < 4.78 is 7.76. The van der Waals surface area contributed by atoms with Gasteiger partial charge in [0.05, 0.1) is 18.1 Å². The molecule has 0 saturated carbocycles. The highest BCUT2D eigenvalue weighted by molar-refractivity contribution is 14.1. The minimum Gasteiger partial charge on any atom is -0.453 e. The molecule has 7 heteroatoms. The zero-order valence-corrected chi connectivity index (χ0v) is 14.7. The number of halogens is 3. The van der Waals surface area contributed by atoms with Gasteiger partial charge in [-0.25, -0.2) is 0 Å². The van der Waals surface area contributed by atoms with Crippen LogP contribution in [0, 0.1) is 14.2 Å². The number of aromatic nitrogens is 1. The van der Waals surface area contributed by atoms with Gasteiger partial charge in [0.1, 0.15) is 17.4 Å². The second-order valence-electron chi connectivity index (χ2n) is 4.05. The van der Waals surface area contributed by atoms with Gasteiger partial charge >= 0.3 is 0 Å². The molecule has 2 aromatic heterocycles. The summed E-state index contributed by atoms with van der Waals surface area (Å²) in [7, 11) is 0. The van der Waals surface area contributed by atoms with Gasteiger partial charge < -0.3 is 4.74 Å². The first-order chi connectivity index (χ1) is 10.1. The SMILES string of the molecule is N#Cc1cnc2cc(I)sc2c1Oc1ccc(Cl)cc1Cl. The Bertz CT molecular complexity index is 889. The monoisotopic (exact) mass is 446 g/mol. The predicted octanol–water partition coefficient (Wildman–Crippen LogP) is 5.87. The fourth-order valence-corrected chi connectivity index (χ4v) is 4.00. The van der Waals surface area contributed by atoms with E-state index in [2.05, 4.69) is 33.6 Å². The molecule has 0 aliphatic carbocycles. The lowest BCUT2D eigenvalue weighted by atomic mass is 10.2. The Balaban J connectivity index is 2.16. The van der Waals surface area contributed by atoms with Crippen molar-refractivity contribution in [2.24, 2.45) is 0 Å². The van der Waals surface area contributed by atoms with Crippen molar-refractivity contribution in [3.05, 3.63) is 49.0 Å². The molecule has 104 valence electrons. The Kier molecular flexibility index (Phi) is 4.22. The molecule has 0 radical (unpaired) electrons. The molecule has 2 heterocycles. The van der Waals surface area contributed by atoms with Crippen molar-refractivity contribution in [3.8, 4) is 17.6 Å². The summed E-state index contributed by atoms with van der Waals surface area (Å²) in [5.41, 5.74) is 1.16. The molecule has 0 amide bonds. The largest absolute Gasteiger partial charge is 0.453 e. The number of ether oxygens (including phenoxy) is 1. The molecule has 0 aliphatic heterocycles. The minimum atomic E-state index is 0.367. The van der Waals surface area contributed by atoms with Crippen LogP contribution in [0.3, 0.4) is 0 Å². The number of benzene rings is 1. The average molecular weight is 447 g/mol. The Morgan fingerprint density at radius 2 is 2.10 bits per heavy atom. The number of fused-ring (bicyclic) bond motifs is 1. The molecule has 0 spiro atoms. The van der Waals surface area contributed by atoms with Crippen LogP contribution in [0.4, 0.5) is 0 Å². The van der Waals surface area contributed by atoms with Crippen LogP contribution in [-0.2, 0) is 0 Å². The summed E-state index contributed by atoms with van der Waals surface area (Å²) >= 11 is 15.7. The quantitative estimate of drug-likeness (QED) is 0.462. The van der Waals surface area contributed by atoms with Crippen LogP contribution in [0.1, 0.15) is 5.56 Å². The van der Waals surface area contributed by atoms with E-state index in [-0.39, 0.29) is 0 Å². The van der Waals surface area contributed by atoms with Crippen molar-refractivity contribution in [1.82, 2.24) is 4.98 Å². The van der Waals surface area contributed by atoms with Gasteiger partial charge in [-0.05, 0) is 46.9 Å². The smallest absolute Gasteiger partial charge is 0.166 e. The minimum absolute atomic E-state index is 0.367. The summed E-state index contributed by atoms with van der Waals surface area (Å²) in [5.74, 6) is 0.924. The Morgan fingerprint density at radius 3 is 2.81 bits per heavy atom. The maximum Gasteiger partial charge on any atom is 0.166 e. The molecule has 0 N–H and O–H groups in total. The molecule has 0 bridgehead atoms. The molecule has 3 aromatic rings. The van der Waals surface area contributed by atoms with Crippen LogP contribution < -0.4 is 4.74 Å². The van der Waals surface area contributed by atoms with Gasteiger partial charge in [-0.1, -0.05) is 23.2 Å². The first kappa shape index (κ1) is 14.9. The second-order valence-corrected chi connectivity index (χ2v) is 7.84. The maximum atomic E-state index is 9.25. The average Bonchev–Trinajstić information content (AvgIpc) is 2.82. The van der Waals surface area contributed by atoms with Gasteiger partial charge in [0.25, 0.3) is 0 Å². The molecular weight excluding hydrogens is 442 g/mol. The number of nitriles is 1. The first-order valence-electron chi connectivity index (χ1n) is 5.69. The zero-order valence-electron chi connectivity index (χ0n) is 10.2. The van der Waals surface area contributed by atoms with Crippen molar-refractivity contribution < 1.29 is 4.74 Å². The Hall–Kier alpha value is -1.07. The van der Waals surface area contributed by atoms with Crippen molar-refractivity contribution >= 4 is 67.3 Å². The van der Waals surface area contributed by atoms with E-state index < -0.39 is 0 Å². The highest BCUT2D eigenvalue weighted by Gasteiger charge is 2.15. The zero-order chi connectivity index (χ0) is 15.0.